The number of imidazole rings is 1. The lowest BCUT2D eigenvalue weighted by molar-refractivity contribution is 0.0614. The molecular formula is C19H23N7O. The van der Waals surface area contributed by atoms with Crippen LogP contribution in [0.25, 0.3) is 5.69 Å². The maximum atomic E-state index is 13.3. The van der Waals surface area contributed by atoms with Crippen molar-refractivity contribution in [3.05, 3.63) is 59.4 Å². The number of carbonyl (C=O) groups excluding carboxylic acids is 1. The van der Waals surface area contributed by atoms with Crippen LogP contribution in [0, 0.1) is 13.8 Å². The number of nitrogens with zero attached hydrogens (tertiary/aromatic N) is 6. The number of piperazine rings is 1. The molecule has 8 nitrogen and oxygen atoms in total. The van der Waals surface area contributed by atoms with Crippen LogP contribution in [0.5, 0.6) is 0 Å². The molecule has 1 amide bonds. The summed E-state index contributed by atoms with van der Waals surface area (Å²) in [7, 11) is 1.94. The molecule has 0 spiro atoms. The normalized spacial score (nSPS) is 17.3. The fourth-order valence-corrected chi connectivity index (χ4v) is 3.54. The molecule has 1 N–H and O–H groups in total. The van der Waals surface area contributed by atoms with E-state index in [2.05, 4.69) is 20.6 Å². The lowest BCUT2D eigenvalue weighted by Gasteiger charge is -2.35. The monoisotopic (exact) mass is 365 g/mol. The van der Waals surface area contributed by atoms with Crippen molar-refractivity contribution in [2.45, 2.75) is 19.9 Å². The molecule has 8 heteroatoms. The van der Waals surface area contributed by atoms with Gasteiger partial charge in [0.15, 0.2) is 5.69 Å². The van der Waals surface area contributed by atoms with Crippen LogP contribution < -0.4 is 5.32 Å². The van der Waals surface area contributed by atoms with E-state index in [9.17, 15) is 4.79 Å². The highest BCUT2D eigenvalue weighted by molar-refractivity contribution is 5.93. The van der Waals surface area contributed by atoms with E-state index in [0.29, 0.717) is 18.8 Å². The second-order valence-electron chi connectivity index (χ2n) is 6.89. The number of nitrogens with one attached hydrogen (secondary N) is 1. The van der Waals surface area contributed by atoms with Crippen molar-refractivity contribution in [2.24, 2.45) is 7.05 Å². The Bertz CT molecular complexity index is 974. The zero-order valence-electron chi connectivity index (χ0n) is 15.8. The molecule has 0 radical (unpaired) electrons. The van der Waals surface area contributed by atoms with Gasteiger partial charge in [-0.15, -0.1) is 5.10 Å². The predicted octanol–water partition coefficient (Wildman–Crippen LogP) is 1.40. The Morgan fingerprint density at radius 3 is 2.89 bits per heavy atom. The van der Waals surface area contributed by atoms with Crippen LogP contribution >= 0.6 is 0 Å². The molecule has 1 fully saturated rings. The van der Waals surface area contributed by atoms with Gasteiger partial charge in [0.2, 0.25) is 0 Å². The first-order valence-corrected chi connectivity index (χ1v) is 9.04. The highest BCUT2D eigenvalue weighted by Crippen LogP contribution is 2.23. The fourth-order valence-electron chi connectivity index (χ4n) is 3.54. The summed E-state index contributed by atoms with van der Waals surface area (Å²) in [6.45, 7) is 5.93. The molecule has 1 aromatic carbocycles. The number of aromatic nitrogens is 5. The van der Waals surface area contributed by atoms with Gasteiger partial charge in [-0.1, -0.05) is 17.3 Å². The number of aryl methyl sites for hydroxylation is 2. The maximum Gasteiger partial charge on any atom is 0.277 e. The zero-order valence-corrected chi connectivity index (χ0v) is 15.8. The van der Waals surface area contributed by atoms with Gasteiger partial charge in [0.25, 0.3) is 5.91 Å². The molecule has 0 saturated carbocycles. The average molecular weight is 365 g/mol. The van der Waals surface area contributed by atoms with Crippen LogP contribution in [0.2, 0.25) is 0 Å². The van der Waals surface area contributed by atoms with Crippen molar-refractivity contribution in [2.75, 3.05) is 19.6 Å². The van der Waals surface area contributed by atoms with Crippen LogP contribution in [0.1, 0.15) is 33.6 Å². The molecule has 0 bridgehead atoms. The lowest BCUT2D eigenvalue weighted by atomic mass is 10.1. The molecule has 0 aliphatic carbocycles. The van der Waals surface area contributed by atoms with Crippen molar-refractivity contribution in [3.63, 3.8) is 0 Å². The molecule has 1 unspecified atom stereocenters. The summed E-state index contributed by atoms with van der Waals surface area (Å²) in [5.41, 5.74) is 3.16. The van der Waals surface area contributed by atoms with Crippen LogP contribution in [0.4, 0.5) is 0 Å². The minimum absolute atomic E-state index is 0.110. The van der Waals surface area contributed by atoms with Crippen molar-refractivity contribution < 1.29 is 4.79 Å². The molecule has 1 saturated heterocycles. The average Bonchev–Trinajstić information content (AvgIpc) is 3.27. The van der Waals surface area contributed by atoms with Gasteiger partial charge in [-0.25, -0.2) is 9.67 Å². The predicted molar refractivity (Wildman–Crippen MR) is 101 cm³/mol. The van der Waals surface area contributed by atoms with E-state index >= 15 is 0 Å². The summed E-state index contributed by atoms with van der Waals surface area (Å²) in [6.07, 6.45) is 3.65. The molecular weight excluding hydrogens is 342 g/mol. The fraction of sp³-hybridized carbons (Fsp3) is 0.368. The summed E-state index contributed by atoms with van der Waals surface area (Å²) in [6, 6.07) is 7.86. The van der Waals surface area contributed by atoms with E-state index in [1.165, 1.54) is 0 Å². The molecule has 4 rings (SSSR count). The topological polar surface area (TPSA) is 80.9 Å². The van der Waals surface area contributed by atoms with E-state index in [0.717, 1.165) is 29.3 Å². The Hall–Kier alpha value is -3.00. The van der Waals surface area contributed by atoms with Crippen molar-refractivity contribution in [3.8, 4) is 5.69 Å². The molecule has 1 atom stereocenters. The summed E-state index contributed by atoms with van der Waals surface area (Å²) in [5.74, 6) is 0.750. The number of carbonyl (C=O) groups is 1. The molecule has 1 aliphatic rings. The molecule has 140 valence electrons. The minimum atomic E-state index is -0.130. The first-order chi connectivity index (χ1) is 13.1. The van der Waals surface area contributed by atoms with Crippen LogP contribution in [-0.4, -0.2) is 55.0 Å². The van der Waals surface area contributed by atoms with Gasteiger partial charge >= 0.3 is 0 Å². The van der Waals surface area contributed by atoms with Crippen LogP contribution in [-0.2, 0) is 7.05 Å². The SMILES string of the molecule is Cc1cccc(-n2nnc(C(=O)N3CCNCC3c3nccn3C)c2C)c1. The number of hydrogen-bond acceptors (Lipinski definition) is 5. The molecule has 3 aromatic rings. The van der Waals surface area contributed by atoms with E-state index in [1.54, 1.807) is 10.9 Å². The van der Waals surface area contributed by atoms with Crippen molar-refractivity contribution >= 4 is 5.91 Å². The Morgan fingerprint density at radius 2 is 2.15 bits per heavy atom. The van der Waals surface area contributed by atoms with Gasteiger partial charge in [-0.3, -0.25) is 4.79 Å². The molecule has 27 heavy (non-hydrogen) atoms. The van der Waals surface area contributed by atoms with Gasteiger partial charge in [-0.05, 0) is 31.5 Å². The van der Waals surface area contributed by atoms with Gasteiger partial charge in [-0.2, -0.15) is 0 Å². The van der Waals surface area contributed by atoms with Crippen LogP contribution in [0.3, 0.4) is 0 Å². The summed E-state index contributed by atoms with van der Waals surface area (Å²) < 4.78 is 3.67. The molecule has 1 aliphatic heterocycles. The molecule has 2 aromatic heterocycles. The number of hydrogen-bond donors (Lipinski definition) is 1. The highest BCUT2D eigenvalue weighted by atomic mass is 16.2. The van der Waals surface area contributed by atoms with E-state index in [4.69, 9.17) is 0 Å². The Kier molecular flexibility index (Phi) is 4.49. The smallest absolute Gasteiger partial charge is 0.277 e. The summed E-state index contributed by atoms with van der Waals surface area (Å²) in [4.78, 5) is 19.6. The third-order valence-electron chi connectivity index (χ3n) is 5.00. The largest absolute Gasteiger partial charge is 0.336 e. The second-order valence-corrected chi connectivity index (χ2v) is 6.89. The number of rotatable bonds is 3. The first-order valence-electron chi connectivity index (χ1n) is 9.04. The summed E-state index contributed by atoms with van der Waals surface area (Å²) in [5, 5.41) is 11.8. The van der Waals surface area contributed by atoms with Gasteiger partial charge < -0.3 is 14.8 Å². The van der Waals surface area contributed by atoms with Gasteiger partial charge in [0, 0.05) is 39.1 Å². The standard InChI is InChI=1S/C19H23N7O/c1-13-5-4-6-15(11-13)26-14(2)17(22-23-26)19(27)25-10-7-20-12-16(25)18-21-8-9-24(18)3/h4-6,8-9,11,16,20H,7,10,12H2,1-3H3. The van der Waals surface area contributed by atoms with E-state index < -0.39 is 0 Å². The zero-order chi connectivity index (χ0) is 19.0. The highest BCUT2D eigenvalue weighted by Gasteiger charge is 2.33. The second kappa shape index (κ2) is 6.96. The van der Waals surface area contributed by atoms with Crippen molar-refractivity contribution in [1.82, 2.24) is 34.8 Å². The van der Waals surface area contributed by atoms with E-state index in [1.807, 2.05) is 60.8 Å². The minimum Gasteiger partial charge on any atom is -0.336 e. The van der Waals surface area contributed by atoms with Gasteiger partial charge in [0.05, 0.1) is 11.4 Å². The maximum absolute atomic E-state index is 13.3. The van der Waals surface area contributed by atoms with Crippen LogP contribution in [0.15, 0.2) is 36.7 Å². The Morgan fingerprint density at radius 1 is 1.30 bits per heavy atom. The first kappa shape index (κ1) is 17.4. The Labute approximate surface area is 157 Å². The molecule has 3 heterocycles. The lowest BCUT2D eigenvalue weighted by Crippen LogP contribution is -2.49. The third-order valence-corrected chi connectivity index (χ3v) is 5.00. The summed E-state index contributed by atoms with van der Waals surface area (Å²) >= 11 is 0. The van der Waals surface area contributed by atoms with Crippen molar-refractivity contribution in [1.29, 1.82) is 0 Å². The number of amides is 1. The third kappa shape index (κ3) is 3.12. The van der Waals surface area contributed by atoms with E-state index in [-0.39, 0.29) is 11.9 Å². The quantitative estimate of drug-likeness (QED) is 0.759. The Balaban J connectivity index is 1.67. The van der Waals surface area contributed by atoms with Gasteiger partial charge in [0.1, 0.15) is 11.9 Å². The number of benzene rings is 1.